The topological polar surface area (TPSA) is 70.7 Å². The van der Waals surface area contributed by atoms with Crippen LogP contribution in [0.2, 0.25) is 0 Å². The minimum Gasteiger partial charge on any atom is -0.319 e. The average Bonchev–Trinajstić information content (AvgIpc) is 2.82. The lowest BCUT2D eigenvalue weighted by Crippen LogP contribution is -2.16. The van der Waals surface area contributed by atoms with Gasteiger partial charge in [0.25, 0.3) is 5.91 Å². The molecule has 1 aromatic heterocycles. The lowest BCUT2D eigenvalue weighted by atomic mass is 9.96. The van der Waals surface area contributed by atoms with Gasteiger partial charge >= 0.3 is 0 Å². The van der Waals surface area contributed by atoms with E-state index in [1.165, 1.54) is 18.2 Å². The van der Waals surface area contributed by atoms with Gasteiger partial charge in [0.15, 0.2) is 0 Å². The third-order valence-electron chi connectivity index (χ3n) is 2.84. The van der Waals surface area contributed by atoms with Crippen LogP contribution in [0.5, 0.6) is 0 Å². The van der Waals surface area contributed by atoms with Crippen molar-refractivity contribution in [2.75, 3.05) is 5.32 Å². The van der Waals surface area contributed by atoms with E-state index < -0.39 is 5.91 Å². The Hall–Kier alpha value is -2.24. The highest BCUT2D eigenvalue weighted by Gasteiger charge is 2.21. The summed E-state index contributed by atoms with van der Waals surface area (Å²) in [6.45, 7) is 7.63. The first-order chi connectivity index (χ1) is 9.27. The number of halogens is 1. The second kappa shape index (κ2) is 5.03. The van der Waals surface area contributed by atoms with E-state index in [0.717, 1.165) is 0 Å². The Bertz CT molecular complexity index is 643. The van der Waals surface area contributed by atoms with Gasteiger partial charge < -0.3 is 5.32 Å². The number of nitrogens with one attached hydrogen (secondary N) is 2. The first-order valence-electron chi connectivity index (χ1n) is 6.28. The largest absolute Gasteiger partial charge is 0.319 e. The highest BCUT2D eigenvalue weighted by Crippen LogP contribution is 2.19. The summed E-state index contributed by atoms with van der Waals surface area (Å²) >= 11 is 0. The van der Waals surface area contributed by atoms with E-state index in [1.54, 1.807) is 6.92 Å². The van der Waals surface area contributed by atoms with Crippen LogP contribution in [0.15, 0.2) is 18.2 Å². The maximum absolute atomic E-state index is 13.0. The zero-order valence-corrected chi connectivity index (χ0v) is 11.9. The molecule has 0 spiro atoms. The van der Waals surface area contributed by atoms with Gasteiger partial charge in [0.05, 0.1) is 0 Å². The van der Waals surface area contributed by atoms with Crippen LogP contribution in [0.4, 0.5) is 10.1 Å². The van der Waals surface area contributed by atoms with Crippen LogP contribution < -0.4 is 5.32 Å². The van der Waals surface area contributed by atoms with E-state index >= 15 is 0 Å². The third kappa shape index (κ3) is 3.01. The molecule has 0 aliphatic carbocycles. The lowest BCUT2D eigenvalue weighted by Gasteiger charge is -2.12. The van der Waals surface area contributed by atoms with E-state index in [-0.39, 0.29) is 17.1 Å². The molecule has 2 rings (SSSR count). The molecule has 2 aromatic rings. The molecule has 1 heterocycles. The first-order valence-corrected chi connectivity index (χ1v) is 6.28. The van der Waals surface area contributed by atoms with Crippen molar-refractivity contribution in [3.63, 3.8) is 0 Å². The van der Waals surface area contributed by atoms with Crippen LogP contribution in [-0.2, 0) is 5.41 Å². The van der Waals surface area contributed by atoms with E-state index in [9.17, 15) is 9.18 Å². The molecule has 5 nitrogen and oxygen atoms in total. The maximum atomic E-state index is 13.0. The van der Waals surface area contributed by atoms with Gasteiger partial charge in [-0.3, -0.25) is 9.89 Å². The Kier molecular flexibility index (Phi) is 3.57. The van der Waals surface area contributed by atoms with Gasteiger partial charge in [-0.1, -0.05) is 20.8 Å². The highest BCUT2D eigenvalue weighted by molar-refractivity contribution is 6.01. The molecule has 1 amide bonds. The van der Waals surface area contributed by atoms with Crippen molar-refractivity contribution >= 4 is 11.6 Å². The average molecular weight is 276 g/mol. The standard InChI is InChI=1S/C14H17FN4O/c1-8-7-9(15)5-6-10(8)16-12(20)11-17-13(19-18-11)14(2,3)4/h5-7H,1-4H3,(H,16,20)(H,17,18,19). The fraction of sp³-hybridized carbons (Fsp3) is 0.357. The molecule has 1 aromatic carbocycles. The van der Waals surface area contributed by atoms with Gasteiger partial charge in [-0.2, -0.15) is 0 Å². The van der Waals surface area contributed by atoms with Crippen molar-refractivity contribution in [1.29, 1.82) is 0 Å². The third-order valence-corrected chi connectivity index (χ3v) is 2.84. The molecule has 0 unspecified atom stereocenters. The fourth-order valence-corrected chi connectivity index (χ4v) is 1.64. The molecule has 6 heteroatoms. The maximum Gasteiger partial charge on any atom is 0.295 e. The van der Waals surface area contributed by atoms with E-state index in [2.05, 4.69) is 20.5 Å². The van der Waals surface area contributed by atoms with Gasteiger partial charge in [0.2, 0.25) is 5.82 Å². The van der Waals surface area contributed by atoms with E-state index in [0.29, 0.717) is 17.1 Å². The fourth-order valence-electron chi connectivity index (χ4n) is 1.64. The Morgan fingerprint density at radius 3 is 2.60 bits per heavy atom. The summed E-state index contributed by atoms with van der Waals surface area (Å²) < 4.78 is 13.0. The van der Waals surface area contributed by atoms with Crippen LogP contribution >= 0.6 is 0 Å². The van der Waals surface area contributed by atoms with Crippen LogP contribution in [0.25, 0.3) is 0 Å². The zero-order valence-electron chi connectivity index (χ0n) is 11.9. The number of aryl methyl sites for hydroxylation is 1. The molecule has 2 N–H and O–H groups in total. The zero-order chi connectivity index (χ0) is 14.9. The monoisotopic (exact) mass is 276 g/mol. The molecule has 0 radical (unpaired) electrons. The number of hydrogen-bond acceptors (Lipinski definition) is 3. The molecule has 0 saturated heterocycles. The summed E-state index contributed by atoms with van der Waals surface area (Å²) in [4.78, 5) is 16.2. The number of aromatic amines is 1. The van der Waals surface area contributed by atoms with E-state index in [1.807, 2.05) is 20.8 Å². The van der Waals surface area contributed by atoms with Gasteiger partial charge in [0.1, 0.15) is 11.6 Å². The molecular weight excluding hydrogens is 259 g/mol. The number of benzene rings is 1. The molecule has 0 fully saturated rings. The van der Waals surface area contributed by atoms with Crippen molar-refractivity contribution in [3.05, 3.63) is 41.2 Å². The number of rotatable bonds is 2. The Morgan fingerprint density at radius 1 is 1.35 bits per heavy atom. The summed E-state index contributed by atoms with van der Waals surface area (Å²) in [5.74, 6) is -0.0583. The van der Waals surface area contributed by atoms with Crippen molar-refractivity contribution in [2.24, 2.45) is 0 Å². The molecule has 0 aliphatic heterocycles. The molecular formula is C14H17FN4O. The summed E-state index contributed by atoms with van der Waals surface area (Å²) in [5.41, 5.74) is 0.973. The lowest BCUT2D eigenvalue weighted by molar-refractivity contribution is 0.101. The number of carbonyl (C=O) groups is 1. The predicted octanol–water partition coefficient (Wildman–Crippen LogP) is 2.80. The van der Waals surface area contributed by atoms with Crippen molar-refractivity contribution in [3.8, 4) is 0 Å². The number of anilines is 1. The summed E-state index contributed by atoms with van der Waals surface area (Å²) in [6.07, 6.45) is 0. The molecule has 20 heavy (non-hydrogen) atoms. The minimum atomic E-state index is -0.425. The Balaban J connectivity index is 2.18. The smallest absolute Gasteiger partial charge is 0.295 e. The Morgan fingerprint density at radius 2 is 2.05 bits per heavy atom. The van der Waals surface area contributed by atoms with E-state index in [4.69, 9.17) is 0 Å². The van der Waals surface area contributed by atoms with Crippen LogP contribution in [0.3, 0.4) is 0 Å². The SMILES string of the molecule is Cc1cc(F)ccc1NC(=O)c1n[nH]c(C(C)(C)C)n1. The molecule has 0 aliphatic rings. The first kappa shape index (κ1) is 14.2. The molecule has 0 bridgehead atoms. The van der Waals surface area contributed by atoms with Gasteiger partial charge in [-0.15, -0.1) is 5.10 Å². The summed E-state index contributed by atoms with van der Waals surface area (Å²) in [5, 5.41) is 9.33. The van der Waals surface area contributed by atoms with Crippen molar-refractivity contribution in [1.82, 2.24) is 15.2 Å². The van der Waals surface area contributed by atoms with Crippen LogP contribution in [0.1, 0.15) is 42.8 Å². The van der Waals surface area contributed by atoms with Gasteiger partial charge in [-0.25, -0.2) is 9.37 Å². The summed E-state index contributed by atoms with van der Waals surface area (Å²) in [6, 6.07) is 4.16. The number of aromatic nitrogens is 3. The molecule has 0 saturated carbocycles. The van der Waals surface area contributed by atoms with Gasteiger partial charge in [0, 0.05) is 11.1 Å². The quantitative estimate of drug-likeness (QED) is 0.886. The normalized spacial score (nSPS) is 11.4. The van der Waals surface area contributed by atoms with Crippen molar-refractivity contribution in [2.45, 2.75) is 33.1 Å². The van der Waals surface area contributed by atoms with Gasteiger partial charge in [-0.05, 0) is 30.7 Å². The Labute approximate surface area is 116 Å². The predicted molar refractivity (Wildman–Crippen MR) is 74.2 cm³/mol. The molecule has 106 valence electrons. The van der Waals surface area contributed by atoms with Crippen LogP contribution in [0, 0.1) is 12.7 Å². The second-order valence-corrected chi connectivity index (χ2v) is 5.67. The van der Waals surface area contributed by atoms with Crippen LogP contribution in [-0.4, -0.2) is 21.1 Å². The number of hydrogen-bond donors (Lipinski definition) is 2. The minimum absolute atomic E-state index is 0.0682. The highest BCUT2D eigenvalue weighted by atomic mass is 19.1. The second-order valence-electron chi connectivity index (χ2n) is 5.67. The van der Waals surface area contributed by atoms with Crippen molar-refractivity contribution < 1.29 is 9.18 Å². The number of nitrogens with zero attached hydrogens (tertiary/aromatic N) is 2. The summed E-state index contributed by atoms with van der Waals surface area (Å²) in [7, 11) is 0. The number of H-pyrrole nitrogens is 1. The number of amides is 1. The molecule has 0 atom stereocenters. The number of carbonyl (C=O) groups excluding carboxylic acids is 1.